The van der Waals surface area contributed by atoms with E-state index < -0.39 is 0 Å². The number of pyridine rings is 1. The SMILES string of the molecule is CSc1c(C#N)c2ccccn2c1C#N. The van der Waals surface area contributed by atoms with Gasteiger partial charge in [0.05, 0.1) is 16.0 Å². The van der Waals surface area contributed by atoms with Crippen LogP contribution in [0.3, 0.4) is 0 Å². The lowest BCUT2D eigenvalue weighted by molar-refractivity contribution is 1.13. The third-order valence-electron chi connectivity index (χ3n) is 2.22. The lowest BCUT2D eigenvalue weighted by Gasteiger charge is -1.93. The molecular formula is C11H7N3S. The van der Waals surface area contributed by atoms with Gasteiger partial charge in [0.25, 0.3) is 0 Å². The molecule has 0 N–H and O–H groups in total. The molecule has 2 aromatic rings. The van der Waals surface area contributed by atoms with E-state index in [0.29, 0.717) is 11.3 Å². The standard InChI is InChI=1S/C11H7N3S/c1-15-11-8(6-12)9-4-2-3-5-14(9)10(11)7-13/h2-5H,1H3. The van der Waals surface area contributed by atoms with Gasteiger partial charge in [0.15, 0.2) is 0 Å². The Morgan fingerprint density at radius 3 is 2.67 bits per heavy atom. The topological polar surface area (TPSA) is 52.0 Å². The first kappa shape index (κ1) is 9.64. The van der Waals surface area contributed by atoms with Crippen LogP contribution in [0.25, 0.3) is 5.52 Å². The Kier molecular flexibility index (Phi) is 2.37. The summed E-state index contributed by atoms with van der Waals surface area (Å²) in [5.74, 6) is 0. The van der Waals surface area contributed by atoms with Gasteiger partial charge < -0.3 is 4.40 Å². The Morgan fingerprint density at radius 1 is 1.27 bits per heavy atom. The molecule has 0 bridgehead atoms. The fourth-order valence-electron chi connectivity index (χ4n) is 1.60. The molecule has 0 aromatic carbocycles. The molecule has 15 heavy (non-hydrogen) atoms. The minimum Gasteiger partial charge on any atom is -0.306 e. The molecular weight excluding hydrogens is 206 g/mol. The molecule has 0 atom stereocenters. The molecule has 2 aromatic heterocycles. The van der Waals surface area contributed by atoms with Gasteiger partial charge in [0.1, 0.15) is 17.8 Å². The monoisotopic (exact) mass is 213 g/mol. The molecule has 72 valence electrons. The highest BCUT2D eigenvalue weighted by Gasteiger charge is 2.16. The van der Waals surface area contributed by atoms with E-state index in [0.717, 1.165) is 10.4 Å². The van der Waals surface area contributed by atoms with Gasteiger partial charge in [0, 0.05) is 6.20 Å². The molecule has 4 heteroatoms. The van der Waals surface area contributed by atoms with Crippen molar-refractivity contribution in [3.05, 3.63) is 35.7 Å². The van der Waals surface area contributed by atoms with Crippen molar-refractivity contribution in [2.24, 2.45) is 0 Å². The highest BCUT2D eigenvalue weighted by atomic mass is 32.2. The minimum atomic E-state index is 0.537. The summed E-state index contributed by atoms with van der Waals surface area (Å²) in [5, 5.41) is 18.1. The summed E-state index contributed by atoms with van der Waals surface area (Å²) in [6.07, 6.45) is 3.67. The van der Waals surface area contributed by atoms with Crippen molar-refractivity contribution in [2.45, 2.75) is 4.90 Å². The van der Waals surface area contributed by atoms with Crippen molar-refractivity contribution in [3.63, 3.8) is 0 Å². The molecule has 0 aliphatic carbocycles. The van der Waals surface area contributed by atoms with Crippen molar-refractivity contribution in [2.75, 3.05) is 6.26 Å². The highest BCUT2D eigenvalue weighted by Crippen LogP contribution is 2.29. The largest absolute Gasteiger partial charge is 0.306 e. The van der Waals surface area contributed by atoms with Crippen LogP contribution >= 0.6 is 11.8 Å². The molecule has 0 unspecified atom stereocenters. The summed E-state index contributed by atoms with van der Waals surface area (Å²) in [6, 6.07) is 9.84. The van der Waals surface area contributed by atoms with Crippen LogP contribution in [0.5, 0.6) is 0 Å². The van der Waals surface area contributed by atoms with Crippen LogP contribution in [0.15, 0.2) is 29.3 Å². The number of rotatable bonds is 1. The van der Waals surface area contributed by atoms with Gasteiger partial charge in [-0.1, -0.05) is 6.07 Å². The van der Waals surface area contributed by atoms with E-state index >= 15 is 0 Å². The first-order valence-corrected chi connectivity index (χ1v) is 5.53. The molecule has 0 saturated heterocycles. The third kappa shape index (κ3) is 1.27. The number of hydrogen-bond donors (Lipinski definition) is 0. The summed E-state index contributed by atoms with van der Waals surface area (Å²) in [6.45, 7) is 0. The van der Waals surface area contributed by atoms with E-state index in [-0.39, 0.29) is 0 Å². The molecule has 0 amide bonds. The average molecular weight is 213 g/mol. The highest BCUT2D eigenvalue weighted by molar-refractivity contribution is 7.98. The van der Waals surface area contributed by atoms with Gasteiger partial charge in [-0.15, -0.1) is 11.8 Å². The van der Waals surface area contributed by atoms with E-state index in [1.807, 2.05) is 24.5 Å². The Bertz CT molecular complexity index is 548. The lowest BCUT2D eigenvalue weighted by Crippen LogP contribution is -1.86. The Hall–Kier alpha value is -1.91. The minimum absolute atomic E-state index is 0.537. The van der Waals surface area contributed by atoms with Crippen molar-refractivity contribution in [1.82, 2.24) is 4.40 Å². The second-order valence-electron chi connectivity index (χ2n) is 2.94. The molecule has 0 radical (unpaired) electrons. The molecule has 2 heterocycles. The fraction of sp³-hybridized carbons (Fsp3) is 0.0909. The van der Waals surface area contributed by atoms with Crippen molar-refractivity contribution in [3.8, 4) is 12.1 Å². The van der Waals surface area contributed by atoms with E-state index in [1.54, 1.807) is 10.6 Å². The predicted octanol–water partition coefficient (Wildman–Crippen LogP) is 2.40. The van der Waals surface area contributed by atoms with Crippen LogP contribution in [0.4, 0.5) is 0 Å². The van der Waals surface area contributed by atoms with Gasteiger partial charge in [0.2, 0.25) is 0 Å². The van der Waals surface area contributed by atoms with E-state index in [1.165, 1.54) is 11.8 Å². The summed E-state index contributed by atoms with van der Waals surface area (Å²) in [4.78, 5) is 0.756. The van der Waals surface area contributed by atoms with E-state index in [2.05, 4.69) is 12.1 Å². The summed E-state index contributed by atoms with van der Waals surface area (Å²) < 4.78 is 1.75. The van der Waals surface area contributed by atoms with Crippen LogP contribution in [0.2, 0.25) is 0 Å². The van der Waals surface area contributed by atoms with Crippen LogP contribution in [0, 0.1) is 22.7 Å². The zero-order valence-corrected chi connectivity index (χ0v) is 8.88. The van der Waals surface area contributed by atoms with Crippen LogP contribution < -0.4 is 0 Å². The van der Waals surface area contributed by atoms with Crippen molar-refractivity contribution < 1.29 is 0 Å². The second-order valence-corrected chi connectivity index (χ2v) is 3.75. The number of fused-ring (bicyclic) bond motifs is 1. The smallest absolute Gasteiger partial charge is 0.139 e. The van der Waals surface area contributed by atoms with Gasteiger partial charge in [-0.3, -0.25) is 0 Å². The second kappa shape index (κ2) is 3.68. The maximum atomic E-state index is 9.07. The van der Waals surface area contributed by atoms with Gasteiger partial charge in [-0.2, -0.15) is 10.5 Å². The Morgan fingerprint density at radius 2 is 2.07 bits per heavy atom. The van der Waals surface area contributed by atoms with Crippen molar-refractivity contribution >= 4 is 17.3 Å². The summed E-state index contributed by atoms with van der Waals surface area (Å²) in [5.41, 5.74) is 1.91. The summed E-state index contributed by atoms with van der Waals surface area (Å²) >= 11 is 1.43. The average Bonchev–Trinajstić information content (AvgIpc) is 2.61. The lowest BCUT2D eigenvalue weighted by atomic mass is 10.3. The predicted molar refractivity (Wildman–Crippen MR) is 58.6 cm³/mol. The normalized spacial score (nSPS) is 9.80. The van der Waals surface area contributed by atoms with Crippen LogP contribution in [-0.2, 0) is 0 Å². The van der Waals surface area contributed by atoms with Gasteiger partial charge in [-0.05, 0) is 18.4 Å². The molecule has 0 saturated carbocycles. The molecule has 0 aliphatic heterocycles. The zero-order chi connectivity index (χ0) is 10.8. The number of aromatic nitrogens is 1. The Balaban J connectivity index is 2.99. The first-order chi connectivity index (χ1) is 7.33. The zero-order valence-electron chi connectivity index (χ0n) is 8.06. The maximum Gasteiger partial charge on any atom is 0.139 e. The van der Waals surface area contributed by atoms with E-state index in [9.17, 15) is 0 Å². The molecule has 3 nitrogen and oxygen atoms in total. The molecule has 0 aliphatic rings. The van der Waals surface area contributed by atoms with Crippen LogP contribution in [0.1, 0.15) is 11.3 Å². The third-order valence-corrected chi connectivity index (χ3v) is 3.03. The fourth-order valence-corrected chi connectivity index (χ4v) is 2.29. The quantitative estimate of drug-likeness (QED) is 0.683. The van der Waals surface area contributed by atoms with Crippen LogP contribution in [-0.4, -0.2) is 10.7 Å². The number of nitrogens with zero attached hydrogens (tertiary/aromatic N) is 3. The van der Waals surface area contributed by atoms with Gasteiger partial charge in [-0.25, -0.2) is 0 Å². The number of nitriles is 2. The summed E-state index contributed by atoms with van der Waals surface area (Å²) in [7, 11) is 0. The molecule has 2 rings (SSSR count). The number of thioether (sulfide) groups is 1. The Labute approximate surface area is 91.6 Å². The first-order valence-electron chi connectivity index (χ1n) is 4.30. The van der Waals surface area contributed by atoms with Gasteiger partial charge >= 0.3 is 0 Å². The molecule has 0 fully saturated rings. The van der Waals surface area contributed by atoms with E-state index in [4.69, 9.17) is 10.5 Å². The number of hydrogen-bond acceptors (Lipinski definition) is 3. The molecule has 0 spiro atoms. The maximum absolute atomic E-state index is 9.07. The van der Waals surface area contributed by atoms with Crippen molar-refractivity contribution in [1.29, 1.82) is 10.5 Å².